The maximum Gasteiger partial charge on any atom is 0.157 e. The van der Waals surface area contributed by atoms with Crippen LogP contribution in [0.15, 0.2) is 18.3 Å². The predicted octanol–water partition coefficient (Wildman–Crippen LogP) is 1.82. The standard InChI is InChI=1S/C10H14N4/c1-3-7(2)8-6-9(11)14-10(13-8)4-5-12-14/h4-7H,3,11H2,1-2H3. The van der Waals surface area contributed by atoms with Gasteiger partial charge in [0.05, 0.1) is 6.20 Å². The van der Waals surface area contributed by atoms with Crippen molar-refractivity contribution in [1.82, 2.24) is 14.6 Å². The molecule has 0 aliphatic rings. The summed E-state index contributed by atoms with van der Waals surface area (Å²) in [5.74, 6) is 1.09. The summed E-state index contributed by atoms with van der Waals surface area (Å²) in [7, 11) is 0. The van der Waals surface area contributed by atoms with E-state index in [0.29, 0.717) is 11.7 Å². The Hall–Kier alpha value is -1.58. The van der Waals surface area contributed by atoms with E-state index in [1.807, 2.05) is 12.1 Å². The fourth-order valence-electron chi connectivity index (χ4n) is 1.42. The van der Waals surface area contributed by atoms with Gasteiger partial charge in [-0.25, -0.2) is 4.98 Å². The second-order valence-electron chi connectivity index (χ2n) is 3.52. The smallest absolute Gasteiger partial charge is 0.157 e. The molecule has 0 amide bonds. The molecule has 0 bridgehead atoms. The van der Waals surface area contributed by atoms with Gasteiger partial charge in [-0.1, -0.05) is 13.8 Å². The number of nitrogens with zero attached hydrogens (tertiary/aromatic N) is 3. The van der Waals surface area contributed by atoms with E-state index in [4.69, 9.17) is 5.73 Å². The molecule has 74 valence electrons. The molecule has 0 aliphatic carbocycles. The lowest BCUT2D eigenvalue weighted by molar-refractivity contribution is 0.706. The predicted molar refractivity (Wildman–Crippen MR) is 56.1 cm³/mol. The van der Waals surface area contributed by atoms with Crippen LogP contribution in [0.25, 0.3) is 5.65 Å². The molecule has 0 saturated carbocycles. The zero-order valence-corrected chi connectivity index (χ0v) is 8.44. The van der Waals surface area contributed by atoms with Gasteiger partial charge < -0.3 is 5.73 Å². The minimum absolute atomic E-state index is 0.442. The van der Waals surface area contributed by atoms with E-state index in [1.165, 1.54) is 0 Å². The van der Waals surface area contributed by atoms with Crippen molar-refractivity contribution in [3.8, 4) is 0 Å². The topological polar surface area (TPSA) is 56.2 Å². The molecule has 2 rings (SSSR count). The average Bonchev–Trinajstić information content (AvgIpc) is 2.64. The zero-order valence-electron chi connectivity index (χ0n) is 8.44. The van der Waals surface area contributed by atoms with Crippen molar-refractivity contribution in [2.75, 3.05) is 5.73 Å². The number of hydrogen-bond acceptors (Lipinski definition) is 3. The maximum absolute atomic E-state index is 5.85. The summed E-state index contributed by atoms with van der Waals surface area (Å²) < 4.78 is 1.64. The van der Waals surface area contributed by atoms with E-state index in [9.17, 15) is 0 Å². The van der Waals surface area contributed by atoms with E-state index in [0.717, 1.165) is 17.8 Å². The number of aromatic nitrogens is 3. The number of nitrogens with two attached hydrogens (primary N) is 1. The van der Waals surface area contributed by atoms with Crippen LogP contribution in [0.2, 0.25) is 0 Å². The highest BCUT2D eigenvalue weighted by molar-refractivity contribution is 5.46. The van der Waals surface area contributed by atoms with E-state index < -0.39 is 0 Å². The molecule has 4 heteroatoms. The number of nitrogen functional groups attached to an aromatic ring is 1. The van der Waals surface area contributed by atoms with Gasteiger partial charge in [0.25, 0.3) is 0 Å². The minimum atomic E-state index is 0.442. The highest BCUT2D eigenvalue weighted by atomic mass is 15.3. The molecular formula is C10H14N4. The molecule has 1 unspecified atom stereocenters. The molecule has 4 nitrogen and oxygen atoms in total. The van der Waals surface area contributed by atoms with E-state index in [-0.39, 0.29) is 0 Å². The van der Waals surface area contributed by atoms with Crippen LogP contribution in [-0.4, -0.2) is 14.6 Å². The molecule has 0 aliphatic heterocycles. The molecule has 2 N–H and O–H groups in total. The third-order valence-electron chi connectivity index (χ3n) is 2.52. The molecule has 2 heterocycles. The van der Waals surface area contributed by atoms with Crippen LogP contribution in [0.4, 0.5) is 5.82 Å². The van der Waals surface area contributed by atoms with Crippen molar-refractivity contribution < 1.29 is 0 Å². The van der Waals surface area contributed by atoms with Gasteiger partial charge in [-0.3, -0.25) is 0 Å². The van der Waals surface area contributed by atoms with E-state index in [2.05, 4.69) is 23.9 Å². The lowest BCUT2D eigenvalue weighted by atomic mass is 10.1. The van der Waals surface area contributed by atoms with Crippen LogP contribution in [0.5, 0.6) is 0 Å². The molecule has 2 aromatic heterocycles. The van der Waals surface area contributed by atoms with Crippen LogP contribution in [0, 0.1) is 0 Å². The Labute approximate surface area is 82.8 Å². The van der Waals surface area contributed by atoms with Gasteiger partial charge in [-0.15, -0.1) is 0 Å². The van der Waals surface area contributed by atoms with Crippen LogP contribution >= 0.6 is 0 Å². The van der Waals surface area contributed by atoms with Gasteiger partial charge in [-0.05, 0) is 12.3 Å². The van der Waals surface area contributed by atoms with Gasteiger partial charge in [0.1, 0.15) is 5.82 Å². The fraction of sp³-hybridized carbons (Fsp3) is 0.400. The summed E-state index contributed by atoms with van der Waals surface area (Å²) in [5.41, 5.74) is 7.71. The number of hydrogen-bond donors (Lipinski definition) is 1. The minimum Gasteiger partial charge on any atom is -0.384 e. The third kappa shape index (κ3) is 1.32. The third-order valence-corrected chi connectivity index (χ3v) is 2.52. The number of anilines is 1. The summed E-state index contributed by atoms with van der Waals surface area (Å²) in [6.45, 7) is 4.29. The Balaban J connectivity index is 2.58. The molecule has 0 saturated heterocycles. The van der Waals surface area contributed by atoms with Crippen LogP contribution in [0.1, 0.15) is 31.9 Å². The summed E-state index contributed by atoms with van der Waals surface area (Å²) in [4.78, 5) is 4.49. The lowest BCUT2D eigenvalue weighted by Crippen LogP contribution is -2.04. The quantitative estimate of drug-likeness (QED) is 0.785. The number of fused-ring (bicyclic) bond motifs is 1. The molecule has 1 atom stereocenters. The zero-order chi connectivity index (χ0) is 10.1. The summed E-state index contributed by atoms with van der Waals surface area (Å²) in [5, 5.41) is 4.07. The first kappa shape index (κ1) is 8.99. The van der Waals surface area contributed by atoms with E-state index in [1.54, 1.807) is 10.7 Å². The van der Waals surface area contributed by atoms with Crippen molar-refractivity contribution in [2.45, 2.75) is 26.2 Å². The Bertz CT molecular complexity index is 446. The first-order chi connectivity index (χ1) is 6.72. The first-order valence-electron chi connectivity index (χ1n) is 4.82. The Kier molecular flexibility index (Phi) is 2.11. The molecule has 14 heavy (non-hydrogen) atoms. The SMILES string of the molecule is CCC(C)c1cc(N)n2nccc2n1. The van der Waals surface area contributed by atoms with Crippen molar-refractivity contribution in [3.05, 3.63) is 24.0 Å². The normalized spacial score (nSPS) is 13.3. The second-order valence-corrected chi connectivity index (χ2v) is 3.52. The summed E-state index contributed by atoms with van der Waals surface area (Å²) >= 11 is 0. The maximum atomic E-state index is 5.85. The van der Waals surface area contributed by atoms with Gasteiger partial charge in [-0.2, -0.15) is 9.61 Å². The van der Waals surface area contributed by atoms with Crippen LogP contribution in [0.3, 0.4) is 0 Å². The molecule has 0 spiro atoms. The van der Waals surface area contributed by atoms with E-state index >= 15 is 0 Å². The Morgan fingerprint density at radius 3 is 3.07 bits per heavy atom. The van der Waals surface area contributed by atoms with Gasteiger partial charge in [0.2, 0.25) is 0 Å². The molecule has 0 radical (unpaired) electrons. The monoisotopic (exact) mass is 190 g/mol. The van der Waals surface area contributed by atoms with Gasteiger partial charge in [0.15, 0.2) is 5.65 Å². The van der Waals surface area contributed by atoms with Crippen molar-refractivity contribution >= 4 is 11.5 Å². The summed E-state index contributed by atoms with van der Waals surface area (Å²) in [6.07, 6.45) is 2.77. The summed E-state index contributed by atoms with van der Waals surface area (Å²) in [6, 6.07) is 3.76. The van der Waals surface area contributed by atoms with Crippen LogP contribution < -0.4 is 5.73 Å². The Morgan fingerprint density at radius 1 is 1.57 bits per heavy atom. The average molecular weight is 190 g/mol. The highest BCUT2D eigenvalue weighted by Gasteiger charge is 2.08. The molecule has 2 aromatic rings. The van der Waals surface area contributed by atoms with Crippen molar-refractivity contribution in [2.24, 2.45) is 0 Å². The van der Waals surface area contributed by atoms with Gasteiger partial charge in [0, 0.05) is 17.8 Å². The largest absolute Gasteiger partial charge is 0.384 e. The van der Waals surface area contributed by atoms with Gasteiger partial charge >= 0.3 is 0 Å². The van der Waals surface area contributed by atoms with Crippen molar-refractivity contribution in [3.63, 3.8) is 0 Å². The fourth-order valence-corrected chi connectivity index (χ4v) is 1.42. The lowest BCUT2D eigenvalue weighted by Gasteiger charge is -2.09. The molecule has 0 aromatic carbocycles. The molecule has 0 fully saturated rings. The first-order valence-corrected chi connectivity index (χ1v) is 4.82. The highest BCUT2D eigenvalue weighted by Crippen LogP contribution is 2.19. The van der Waals surface area contributed by atoms with Crippen LogP contribution in [-0.2, 0) is 0 Å². The number of rotatable bonds is 2. The molecular weight excluding hydrogens is 176 g/mol. The van der Waals surface area contributed by atoms with Crippen molar-refractivity contribution in [1.29, 1.82) is 0 Å². The Morgan fingerprint density at radius 2 is 2.36 bits per heavy atom. The second kappa shape index (κ2) is 3.29.